The van der Waals surface area contributed by atoms with Crippen LogP contribution in [0.3, 0.4) is 0 Å². The van der Waals surface area contributed by atoms with Gasteiger partial charge in [0, 0.05) is 16.9 Å². The van der Waals surface area contributed by atoms with E-state index in [4.69, 9.17) is 5.73 Å². The van der Waals surface area contributed by atoms with Gasteiger partial charge in [0.1, 0.15) is 12.0 Å². The molecule has 0 saturated heterocycles. The number of hydrogen-bond donors (Lipinski definition) is 3. The Bertz CT molecular complexity index is 951. The fourth-order valence-corrected chi connectivity index (χ4v) is 2.52. The molecule has 0 aliphatic carbocycles. The van der Waals surface area contributed by atoms with Crippen molar-refractivity contribution in [3.8, 4) is 0 Å². The SMILES string of the molecule is CC(=O)c1ccc(Nc2ncnc(Nc3cc(C)ccc3C)c2N)cc1. The molecule has 1 heterocycles. The zero-order chi connectivity index (χ0) is 18.7. The Hall–Kier alpha value is -3.41. The molecule has 26 heavy (non-hydrogen) atoms. The first-order valence-electron chi connectivity index (χ1n) is 8.27. The lowest BCUT2D eigenvalue weighted by atomic mass is 10.1. The van der Waals surface area contributed by atoms with Gasteiger partial charge in [0.2, 0.25) is 0 Å². The van der Waals surface area contributed by atoms with Crippen molar-refractivity contribution >= 4 is 34.5 Å². The summed E-state index contributed by atoms with van der Waals surface area (Å²) in [5, 5.41) is 6.43. The van der Waals surface area contributed by atoms with Crippen molar-refractivity contribution in [2.45, 2.75) is 20.8 Å². The Morgan fingerprint density at radius 1 is 0.962 bits per heavy atom. The summed E-state index contributed by atoms with van der Waals surface area (Å²) in [6.45, 7) is 5.59. The fourth-order valence-electron chi connectivity index (χ4n) is 2.52. The fraction of sp³-hybridized carbons (Fsp3) is 0.150. The van der Waals surface area contributed by atoms with Gasteiger partial charge in [-0.25, -0.2) is 9.97 Å². The highest BCUT2D eigenvalue weighted by Gasteiger charge is 2.10. The Labute approximate surface area is 152 Å². The van der Waals surface area contributed by atoms with Gasteiger partial charge in [0.15, 0.2) is 17.4 Å². The van der Waals surface area contributed by atoms with Crippen LogP contribution in [0.15, 0.2) is 48.8 Å². The number of nitrogens with one attached hydrogen (secondary N) is 2. The number of ketones is 1. The van der Waals surface area contributed by atoms with Crippen LogP contribution in [-0.4, -0.2) is 15.8 Å². The summed E-state index contributed by atoms with van der Waals surface area (Å²) in [6, 6.07) is 13.3. The highest BCUT2D eigenvalue weighted by molar-refractivity contribution is 5.94. The predicted molar refractivity (Wildman–Crippen MR) is 105 cm³/mol. The number of rotatable bonds is 5. The van der Waals surface area contributed by atoms with Gasteiger partial charge in [0.25, 0.3) is 0 Å². The predicted octanol–water partition coefficient (Wildman–Crippen LogP) is 4.37. The summed E-state index contributed by atoms with van der Waals surface area (Å²) in [6.07, 6.45) is 1.45. The number of hydrogen-bond acceptors (Lipinski definition) is 6. The molecule has 0 aliphatic heterocycles. The molecule has 0 radical (unpaired) electrons. The number of carbonyl (C=O) groups excluding carboxylic acids is 1. The maximum absolute atomic E-state index is 11.4. The van der Waals surface area contributed by atoms with Crippen molar-refractivity contribution < 1.29 is 4.79 Å². The molecule has 1 aromatic heterocycles. The van der Waals surface area contributed by atoms with E-state index in [0.717, 1.165) is 22.5 Å². The van der Waals surface area contributed by atoms with Gasteiger partial charge in [0.05, 0.1) is 0 Å². The first-order valence-corrected chi connectivity index (χ1v) is 8.27. The number of aryl methyl sites for hydroxylation is 2. The zero-order valence-electron chi connectivity index (χ0n) is 15.0. The van der Waals surface area contributed by atoms with E-state index < -0.39 is 0 Å². The van der Waals surface area contributed by atoms with Crippen molar-refractivity contribution in [1.82, 2.24) is 9.97 Å². The second-order valence-electron chi connectivity index (χ2n) is 6.19. The lowest BCUT2D eigenvalue weighted by Gasteiger charge is -2.14. The average molecular weight is 347 g/mol. The first-order chi connectivity index (χ1) is 12.4. The van der Waals surface area contributed by atoms with E-state index >= 15 is 0 Å². The van der Waals surface area contributed by atoms with Gasteiger partial charge in [-0.05, 0) is 62.2 Å². The average Bonchev–Trinajstić information content (AvgIpc) is 2.62. The molecule has 3 aromatic rings. The number of benzene rings is 2. The van der Waals surface area contributed by atoms with Crippen molar-refractivity contribution in [2.24, 2.45) is 0 Å². The number of anilines is 5. The zero-order valence-corrected chi connectivity index (χ0v) is 15.0. The Kier molecular flexibility index (Phi) is 4.84. The molecule has 0 aliphatic rings. The van der Waals surface area contributed by atoms with Crippen molar-refractivity contribution in [3.05, 3.63) is 65.5 Å². The Morgan fingerprint density at radius 3 is 2.27 bits per heavy atom. The lowest BCUT2D eigenvalue weighted by Crippen LogP contribution is -2.06. The molecule has 0 atom stereocenters. The van der Waals surface area contributed by atoms with E-state index in [2.05, 4.69) is 26.7 Å². The second kappa shape index (κ2) is 7.23. The molecule has 0 unspecified atom stereocenters. The molecular formula is C20H21N5O. The number of aromatic nitrogens is 2. The summed E-state index contributed by atoms with van der Waals surface area (Å²) < 4.78 is 0. The van der Waals surface area contributed by atoms with Crippen LogP contribution in [0.5, 0.6) is 0 Å². The molecule has 132 valence electrons. The van der Waals surface area contributed by atoms with E-state index in [1.807, 2.05) is 38.1 Å². The molecule has 2 aromatic carbocycles. The highest BCUT2D eigenvalue weighted by atomic mass is 16.1. The normalized spacial score (nSPS) is 10.4. The number of nitrogen functional groups attached to an aromatic ring is 1. The number of nitrogens with zero attached hydrogens (tertiary/aromatic N) is 2. The smallest absolute Gasteiger partial charge is 0.159 e. The van der Waals surface area contributed by atoms with Crippen LogP contribution in [0.4, 0.5) is 28.7 Å². The number of Topliss-reactive ketones (excluding diaryl/α,β-unsaturated/α-hetero) is 1. The minimum Gasteiger partial charge on any atom is -0.393 e. The van der Waals surface area contributed by atoms with Gasteiger partial charge in [-0.15, -0.1) is 0 Å². The maximum Gasteiger partial charge on any atom is 0.159 e. The quantitative estimate of drug-likeness (QED) is 0.594. The largest absolute Gasteiger partial charge is 0.393 e. The van der Waals surface area contributed by atoms with Crippen LogP contribution >= 0.6 is 0 Å². The van der Waals surface area contributed by atoms with Gasteiger partial charge < -0.3 is 16.4 Å². The molecule has 6 nitrogen and oxygen atoms in total. The molecule has 0 amide bonds. The Balaban J connectivity index is 1.85. The van der Waals surface area contributed by atoms with Crippen molar-refractivity contribution in [2.75, 3.05) is 16.4 Å². The van der Waals surface area contributed by atoms with Crippen molar-refractivity contribution in [1.29, 1.82) is 0 Å². The molecule has 3 rings (SSSR count). The van der Waals surface area contributed by atoms with E-state index in [1.54, 1.807) is 12.1 Å². The highest BCUT2D eigenvalue weighted by Crippen LogP contribution is 2.29. The van der Waals surface area contributed by atoms with Gasteiger partial charge in [-0.3, -0.25) is 4.79 Å². The van der Waals surface area contributed by atoms with Crippen LogP contribution in [0.2, 0.25) is 0 Å². The number of carbonyl (C=O) groups is 1. The van der Waals surface area contributed by atoms with Crippen LogP contribution in [0.1, 0.15) is 28.4 Å². The topological polar surface area (TPSA) is 92.9 Å². The van der Waals surface area contributed by atoms with E-state index in [9.17, 15) is 4.79 Å². The summed E-state index contributed by atoms with van der Waals surface area (Å²) in [5.41, 5.74) is 11.3. The molecule has 0 bridgehead atoms. The summed E-state index contributed by atoms with van der Waals surface area (Å²) in [4.78, 5) is 19.8. The van der Waals surface area contributed by atoms with Gasteiger partial charge in [-0.2, -0.15) is 0 Å². The van der Waals surface area contributed by atoms with Gasteiger partial charge in [-0.1, -0.05) is 12.1 Å². The van der Waals surface area contributed by atoms with E-state index in [0.29, 0.717) is 22.9 Å². The third-order valence-corrected chi connectivity index (χ3v) is 4.08. The van der Waals surface area contributed by atoms with Crippen LogP contribution < -0.4 is 16.4 Å². The van der Waals surface area contributed by atoms with Crippen LogP contribution in [0, 0.1) is 13.8 Å². The molecular weight excluding hydrogens is 326 g/mol. The molecule has 0 fully saturated rings. The number of nitrogens with two attached hydrogens (primary N) is 1. The Morgan fingerprint density at radius 2 is 1.62 bits per heavy atom. The standard InChI is InChI=1S/C20H21N5O/c1-12-4-5-13(2)17(10-12)25-20-18(21)19(22-11-23-20)24-16-8-6-15(7-9-16)14(3)26/h4-11H,21H2,1-3H3,(H2,22,23,24,25). The first kappa shape index (κ1) is 17.4. The molecule has 4 N–H and O–H groups in total. The maximum atomic E-state index is 11.4. The summed E-state index contributed by atoms with van der Waals surface area (Å²) in [7, 11) is 0. The minimum atomic E-state index is 0.0260. The summed E-state index contributed by atoms with van der Waals surface area (Å²) >= 11 is 0. The van der Waals surface area contributed by atoms with Crippen molar-refractivity contribution in [3.63, 3.8) is 0 Å². The molecule has 6 heteroatoms. The monoisotopic (exact) mass is 347 g/mol. The third kappa shape index (κ3) is 3.80. The van der Waals surface area contributed by atoms with E-state index in [-0.39, 0.29) is 5.78 Å². The van der Waals surface area contributed by atoms with Gasteiger partial charge >= 0.3 is 0 Å². The molecule has 0 saturated carbocycles. The third-order valence-electron chi connectivity index (χ3n) is 4.08. The summed E-state index contributed by atoms with van der Waals surface area (Å²) in [5.74, 6) is 1.07. The lowest BCUT2D eigenvalue weighted by molar-refractivity contribution is 0.101. The molecule has 0 spiro atoms. The second-order valence-corrected chi connectivity index (χ2v) is 6.19. The minimum absolute atomic E-state index is 0.0260. The van der Waals surface area contributed by atoms with Crippen LogP contribution in [-0.2, 0) is 0 Å². The van der Waals surface area contributed by atoms with Crippen LogP contribution in [0.25, 0.3) is 0 Å². The van der Waals surface area contributed by atoms with E-state index in [1.165, 1.54) is 13.3 Å².